The predicted octanol–water partition coefficient (Wildman–Crippen LogP) is 6.90. The minimum absolute atomic E-state index is 0.0189. The van der Waals surface area contributed by atoms with Crippen LogP contribution in [-0.4, -0.2) is 15.6 Å². The van der Waals surface area contributed by atoms with Gasteiger partial charge in [0.05, 0.1) is 0 Å². The van der Waals surface area contributed by atoms with Crippen molar-refractivity contribution in [2.45, 2.75) is 43.3 Å². The first kappa shape index (κ1) is 19.4. The molecule has 0 bridgehead atoms. The van der Waals surface area contributed by atoms with E-state index in [2.05, 4.69) is 0 Å². The van der Waals surface area contributed by atoms with Crippen LogP contribution in [0.5, 0.6) is 0 Å². The van der Waals surface area contributed by atoms with Gasteiger partial charge in [0.2, 0.25) is 0 Å². The molecule has 0 fully saturated rings. The molecule has 0 N–H and O–H groups in total. The minimum Gasteiger partial charge on any atom is -0.198 e. The first-order valence-corrected chi connectivity index (χ1v) is 8.58. The highest BCUT2D eigenvalue weighted by molar-refractivity contribution is 14.1. The third-order valence-corrected chi connectivity index (χ3v) is 4.32. The summed E-state index contributed by atoms with van der Waals surface area (Å²) >= 11 is 1.97. The van der Waals surface area contributed by atoms with Gasteiger partial charge >= 0.3 is 21.4 Å². The van der Waals surface area contributed by atoms with Crippen molar-refractivity contribution < 1.29 is 37.0 Å². The summed E-state index contributed by atoms with van der Waals surface area (Å²) in [4.78, 5) is 0. The first-order valence-electron chi connectivity index (χ1n) is 5.10. The molecular weight excluding hydrogens is 426 g/mol. The van der Waals surface area contributed by atoms with Crippen molar-refractivity contribution in [3.8, 4) is 0 Å². The smallest absolute Gasteiger partial charge is 0.198 e. The quantitative estimate of drug-likeness (QED) is 0.168. The monoisotopic (exact) mass is 438 g/mol. The van der Waals surface area contributed by atoms with E-state index in [0.29, 0.717) is 17.3 Å². The van der Waals surface area contributed by atoms with Crippen molar-refractivity contribution in [1.82, 2.24) is 0 Å². The second-order valence-electron chi connectivity index (χ2n) is 4.04. The molecular formula is C8H12F9IS. The number of hydrogen-bond donors (Lipinski definition) is 0. The Hall–Kier alpha value is 0.450. The van der Waals surface area contributed by atoms with Gasteiger partial charge in [0.15, 0.2) is 0 Å². The maximum atomic E-state index is 12.8. The van der Waals surface area contributed by atoms with Crippen LogP contribution in [0.15, 0.2) is 0 Å². The van der Waals surface area contributed by atoms with Crippen molar-refractivity contribution in [1.29, 1.82) is 0 Å². The molecule has 0 aromatic heterocycles. The highest BCUT2D eigenvalue weighted by Gasteiger charge is 2.90. The van der Waals surface area contributed by atoms with E-state index in [4.69, 9.17) is 0 Å². The molecule has 0 saturated carbocycles. The standard InChI is InChI=1S/C8H12F9IS/c9-7(10,5-3-1-2-4-6-18)8(11,12)19(13,14,15,16)17/h1-6H2. The van der Waals surface area contributed by atoms with Gasteiger partial charge in [-0.15, -0.1) is 0 Å². The van der Waals surface area contributed by atoms with E-state index in [-0.39, 0.29) is 6.42 Å². The van der Waals surface area contributed by atoms with Crippen LogP contribution in [0, 0.1) is 0 Å². The van der Waals surface area contributed by atoms with Crippen molar-refractivity contribution >= 4 is 32.8 Å². The van der Waals surface area contributed by atoms with Crippen molar-refractivity contribution in [3.63, 3.8) is 0 Å². The van der Waals surface area contributed by atoms with Crippen LogP contribution in [0.3, 0.4) is 0 Å². The largest absolute Gasteiger partial charge is 0.443 e. The molecule has 0 atom stereocenters. The molecule has 0 spiro atoms. The van der Waals surface area contributed by atoms with Crippen LogP contribution in [-0.2, 0) is 0 Å². The molecule has 0 aliphatic carbocycles. The number of unbranched alkanes of at least 4 members (excludes halogenated alkanes) is 3. The fraction of sp³-hybridized carbons (Fsp3) is 1.00. The highest BCUT2D eigenvalue weighted by Crippen LogP contribution is 3.05. The lowest BCUT2D eigenvalue weighted by Crippen LogP contribution is -2.48. The van der Waals surface area contributed by atoms with Crippen LogP contribution in [0.2, 0.25) is 0 Å². The summed E-state index contributed by atoms with van der Waals surface area (Å²) in [7, 11) is -11.6. The number of rotatable bonds is 8. The van der Waals surface area contributed by atoms with E-state index in [1.807, 2.05) is 22.6 Å². The van der Waals surface area contributed by atoms with Gasteiger partial charge in [-0.3, -0.25) is 0 Å². The van der Waals surface area contributed by atoms with E-state index in [9.17, 15) is 37.0 Å². The summed E-state index contributed by atoms with van der Waals surface area (Å²) in [6.45, 7) is 0. The molecule has 0 radical (unpaired) electrons. The van der Waals surface area contributed by atoms with Gasteiger partial charge < -0.3 is 0 Å². The van der Waals surface area contributed by atoms with Gasteiger partial charge in [-0.2, -0.15) is 17.6 Å². The van der Waals surface area contributed by atoms with Crippen molar-refractivity contribution in [3.05, 3.63) is 0 Å². The summed E-state index contributed by atoms with van der Waals surface area (Å²) < 4.78 is 111. The van der Waals surface area contributed by atoms with E-state index in [0.717, 1.165) is 0 Å². The molecule has 0 heterocycles. The summed E-state index contributed by atoms with van der Waals surface area (Å²) in [6.07, 6.45) is -1.67. The van der Waals surface area contributed by atoms with E-state index in [1.54, 1.807) is 0 Å². The van der Waals surface area contributed by atoms with Crippen LogP contribution < -0.4 is 0 Å². The minimum atomic E-state index is -11.6. The molecule has 0 saturated heterocycles. The number of hydrogen-bond acceptors (Lipinski definition) is 0. The molecule has 11 heteroatoms. The van der Waals surface area contributed by atoms with Crippen LogP contribution in [0.4, 0.5) is 37.0 Å². The number of alkyl halides is 5. The lowest BCUT2D eigenvalue weighted by molar-refractivity contribution is -0.178. The lowest BCUT2D eigenvalue weighted by atomic mass is 10.1. The number of halogens is 10. The summed E-state index contributed by atoms with van der Waals surface area (Å²) in [5, 5.41) is -7.30. The van der Waals surface area contributed by atoms with Crippen LogP contribution >= 0.6 is 32.8 Å². The van der Waals surface area contributed by atoms with Gasteiger partial charge in [-0.05, 0) is 17.3 Å². The second-order valence-corrected chi connectivity index (χ2v) is 7.57. The van der Waals surface area contributed by atoms with Crippen molar-refractivity contribution in [2.75, 3.05) is 4.43 Å². The van der Waals surface area contributed by atoms with Gasteiger partial charge in [-0.1, -0.05) is 54.9 Å². The average Bonchev–Trinajstić information content (AvgIpc) is 2.13. The maximum Gasteiger partial charge on any atom is 0.443 e. The Labute approximate surface area is 118 Å². The molecule has 0 rings (SSSR count). The van der Waals surface area contributed by atoms with E-state index < -0.39 is 34.2 Å². The zero-order valence-electron chi connectivity index (χ0n) is 9.43. The van der Waals surface area contributed by atoms with Crippen LogP contribution in [0.25, 0.3) is 0 Å². The Balaban J connectivity index is 4.82. The fourth-order valence-electron chi connectivity index (χ4n) is 1.22. The lowest BCUT2D eigenvalue weighted by Gasteiger charge is -2.48. The summed E-state index contributed by atoms with van der Waals surface area (Å²) in [6, 6.07) is 0. The molecule has 0 aliphatic rings. The Kier molecular flexibility index (Phi) is 5.14. The molecule has 19 heavy (non-hydrogen) atoms. The molecule has 0 aliphatic heterocycles. The normalized spacial score (nSPS) is 18.0. The summed E-state index contributed by atoms with van der Waals surface area (Å²) in [5.41, 5.74) is 0. The Morgan fingerprint density at radius 2 is 1.16 bits per heavy atom. The van der Waals surface area contributed by atoms with Gasteiger partial charge in [0.1, 0.15) is 0 Å². The predicted molar refractivity (Wildman–Crippen MR) is 65.0 cm³/mol. The molecule has 0 unspecified atom stereocenters. The zero-order valence-corrected chi connectivity index (χ0v) is 12.4. The molecule has 0 amide bonds. The van der Waals surface area contributed by atoms with Gasteiger partial charge in [0.25, 0.3) is 0 Å². The third-order valence-electron chi connectivity index (χ3n) is 2.28. The van der Waals surface area contributed by atoms with Crippen molar-refractivity contribution in [2.24, 2.45) is 0 Å². The van der Waals surface area contributed by atoms with E-state index >= 15 is 0 Å². The molecule has 0 aromatic carbocycles. The van der Waals surface area contributed by atoms with Gasteiger partial charge in [-0.25, -0.2) is 0 Å². The zero-order chi connectivity index (χ0) is 15.7. The second kappa shape index (κ2) is 5.02. The first-order chi connectivity index (χ1) is 8.06. The van der Waals surface area contributed by atoms with E-state index in [1.165, 1.54) is 0 Å². The Bertz CT molecular complexity index is 308. The molecule has 0 nitrogen and oxygen atoms in total. The molecule has 0 aromatic rings. The average molecular weight is 438 g/mol. The topological polar surface area (TPSA) is 0 Å². The molecule has 120 valence electrons. The highest BCUT2D eigenvalue weighted by atomic mass is 127. The fourth-order valence-corrected chi connectivity index (χ4v) is 2.43. The van der Waals surface area contributed by atoms with Gasteiger partial charge in [0, 0.05) is 6.42 Å². The summed E-state index contributed by atoms with van der Waals surface area (Å²) in [5.74, 6) is -5.80. The third kappa shape index (κ3) is 4.74. The SMILES string of the molecule is FC(F)(CCCCCCI)C(F)(F)S(F)(F)(F)(F)F. The van der Waals surface area contributed by atoms with Crippen LogP contribution in [0.1, 0.15) is 32.1 Å². The maximum absolute atomic E-state index is 12.8. The Morgan fingerprint density at radius 1 is 0.737 bits per heavy atom. The Morgan fingerprint density at radius 3 is 1.53 bits per heavy atom.